The molecule has 0 aliphatic rings. The van der Waals surface area contributed by atoms with Crippen molar-refractivity contribution in [2.45, 2.75) is 6.92 Å². The average molecular weight is 296 g/mol. The Labute approximate surface area is 120 Å². The van der Waals surface area contributed by atoms with Crippen molar-refractivity contribution in [2.24, 2.45) is 5.73 Å². The first kappa shape index (κ1) is 13.7. The molecule has 98 valence electrons. The minimum absolute atomic E-state index is 0.422. The van der Waals surface area contributed by atoms with Crippen molar-refractivity contribution in [1.29, 1.82) is 0 Å². The lowest BCUT2D eigenvalue weighted by Gasteiger charge is -2.10. The molecule has 0 radical (unpaired) electrons. The molecule has 0 aromatic heterocycles. The highest BCUT2D eigenvalue weighted by Gasteiger charge is 2.07. The van der Waals surface area contributed by atoms with E-state index < -0.39 is 5.91 Å². The Bertz CT molecular complexity index is 641. The lowest BCUT2D eigenvalue weighted by Crippen LogP contribution is -2.10. The van der Waals surface area contributed by atoms with Crippen molar-refractivity contribution in [1.82, 2.24) is 0 Å². The van der Waals surface area contributed by atoms with Gasteiger partial charge in [-0.2, -0.15) is 0 Å². The van der Waals surface area contributed by atoms with Crippen LogP contribution >= 0.6 is 23.2 Å². The quantitative estimate of drug-likeness (QED) is 0.923. The summed E-state index contributed by atoms with van der Waals surface area (Å²) in [6.07, 6.45) is 0. The summed E-state index contributed by atoms with van der Waals surface area (Å²) in [5.74, 6) is 0.733. The van der Waals surface area contributed by atoms with Crippen molar-refractivity contribution in [2.75, 3.05) is 0 Å². The molecule has 0 aliphatic heterocycles. The Kier molecular flexibility index (Phi) is 3.98. The molecule has 2 aromatic carbocycles. The first-order valence-electron chi connectivity index (χ1n) is 5.51. The summed E-state index contributed by atoms with van der Waals surface area (Å²) in [5.41, 5.74) is 6.46. The summed E-state index contributed by atoms with van der Waals surface area (Å²) in [6, 6.07) is 9.99. The van der Waals surface area contributed by atoms with Crippen molar-refractivity contribution >= 4 is 29.1 Å². The van der Waals surface area contributed by atoms with Crippen molar-refractivity contribution in [3.8, 4) is 11.5 Å². The number of nitrogens with two attached hydrogens (primary N) is 1. The Morgan fingerprint density at radius 2 is 1.84 bits per heavy atom. The van der Waals surface area contributed by atoms with Crippen LogP contribution < -0.4 is 10.5 Å². The van der Waals surface area contributed by atoms with Gasteiger partial charge in [-0.15, -0.1) is 0 Å². The van der Waals surface area contributed by atoms with E-state index in [1.165, 1.54) is 0 Å². The summed E-state index contributed by atoms with van der Waals surface area (Å²) >= 11 is 11.7. The third kappa shape index (κ3) is 3.19. The number of halogens is 2. The highest BCUT2D eigenvalue weighted by atomic mass is 35.5. The number of hydrogen-bond donors (Lipinski definition) is 1. The van der Waals surface area contributed by atoms with E-state index >= 15 is 0 Å². The molecule has 3 nitrogen and oxygen atoms in total. The van der Waals surface area contributed by atoms with Gasteiger partial charge in [0, 0.05) is 11.6 Å². The fourth-order valence-corrected chi connectivity index (χ4v) is 1.87. The van der Waals surface area contributed by atoms with E-state index in [1.54, 1.807) is 36.4 Å². The molecule has 0 saturated heterocycles. The molecule has 2 rings (SSSR count). The zero-order chi connectivity index (χ0) is 14.0. The van der Waals surface area contributed by atoms with Gasteiger partial charge in [0.15, 0.2) is 0 Å². The zero-order valence-electron chi connectivity index (χ0n) is 10.1. The van der Waals surface area contributed by atoms with E-state index in [2.05, 4.69) is 0 Å². The number of primary amides is 1. The molecule has 0 spiro atoms. The minimum atomic E-state index is -0.468. The Morgan fingerprint density at radius 3 is 2.42 bits per heavy atom. The number of carbonyl (C=O) groups excluding carboxylic acids is 1. The van der Waals surface area contributed by atoms with Crippen LogP contribution in [0.1, 0.15) is 15.9 Å². The van der Waals surface area contributed by atoms with Crippen molar-refractivity contribution in [3.05, 3.63) is 57.6 Å². The van der Waals surface area contributed by atoms with Crippen LogP contribution in [-0.4, -0.2) is 5.91 Å². The first-order chi connectivity index (χ1) is 8.97. The van der Waals surface area contributed by atoms with E-state index in [-0.39, 0.29) is 0 Å². The first-order valence-corrected chi connectivity index (χ1v) is 6.26. The molecule has 0 heterocycles. The van der Waals surface area contributed by atoms with Crippen LogP contribution in [0, 0.1) is 6.92 Å². The van der Waals surface area contributed by atoms with Gasteiger partial charge in [0.1, 0.15) is 11.5 Å². The van der Waals surface area contributed by atoms with Crippen LogP contribution in [0.4, 0.5) is 0 Å². The van der Waals surface area contributed by atoms with Crippen LogP contribution in [-0.2, 0) is 0 Å². The van der Waals surface area contributed by atoms with Gasteiger partial charge in [0.05, 0.1) is 10.0 Å². The predicted octanol–water partition coefficient (Wildman–Crippen LogP) is 4.19. The second kappa shape index (κ2) is 5.51. The van der Waals surface area contributed by atoms with Crippen molar-refractivity contribution in [3.63, 3.8) is 0 Å². The maximum Gasteiger partial charge on any atom is 0.248 e. The van der Waals surface area contributed by atoms with Gasteiger partial charge in [-0.1, -0.05) is 23.2 Å². The molecule has 0 unspecified atom stereocenters. The van der Waals surface area contributed by atoms with Crippen LogP contribution in [0.3, 0.4) is 0 Å². The van der Waals surface area contributed by atoms with E-state index in [4.69, 9.17) is 33.7 Å². The fourth-order valence-electron chi connectivity index (χ4n) is 1.58. The van der Waals surface area contributed by atoms with Crippen LogP contribution in [0.15, 0.2) is 36.4 Å². The lowest BCUT2D eigenvalue weighted by atomic mass is 10.1. The van der Waals surface area contributed by atoms with Crippen LogP contribution in [0.2, 0.25) is 10.0 Å². The third-order valence-electron chi connectivity index (χ3n) is 2.58. The summed E-state index contributed by atoms with van der Waals surface area (Å²) in [4.78, 5) is 11.1. The zero-order valence-corrected chi connectivity index (χ0v) is 11.6. The van der Waals surface area contributed by atoms with E-state index in [9.17, 15) is 4.79 Å². The molecule has 0 atom stereocenters. The number of amides is 1. The molecule has 0 bridgehead atoms. The monoisotopic (exact) mass is 295 g/mol. The Balaban J connectivity index is 2.28. The second-order valence-corrected chi connectivity index (χ2v) is 4.84. The molecule has 2 aromatic rings. The smallest absolute Gasteiger partial charge is 0.248 e. The third-order valence-corrected chi connectivity index (χ3v) is 3.32. The van der Waals surface area contributed by atoms with Gasteiger partial charge in [-0.3, -0.25) is 4.79 Å². The lowest BCUT2D eigenvalue weighted by molar-refractivity contribution is 0.1000. The van der Waals surface area contributed by atoms with Crippen LogP contribution in [0.25, 0.3) is 0 Å². The largest absolute Gasteiger partial charge is 0.457 e. The molecule has 0 aliphatic carbocycles. The van der Waals surface area contributed by atoms with E-state index in [1.807, 2.05) is 6.92 Å². The molecular weight excluding hydrogens is 285 g/mol. The molecule has 19 heavy (non-hydrogen) atoms. The number of carbonyl (C=O) groups is 1. The van der Waals surface area contributed by atoms with Gasteiger partial charge >= 0.3 is 0 Å². The number of rotatable bonds is 3. The van der Waals surface area contributed by atoms with Gasteiger partial charge in [0.2, 0.25) is 5.91 Å². The normalized spacial score (nSPS) is 10.3. The van der Waals surface area contributed by atoms with E-state index in [0.29, 0.717) is 27.1 Å². The summed E-state index contributed by atoms with van der Waals surface area (Å²) in [5, 5.41) is 0.889. The number of ether oxygens (including phenoxy) is 1. The summed E-state index contributed by atoms with van der Waals surface area (Å²) < 4.78 is 5.68. The summed E-state index contributed by atoms with van der Waals surface area (Å²) in [7, 11) is 0. The van der Waals surface area contributed by atoms with Gasteiger partial charge in [-0.05, 0) is 42.8 Å². The predicted molar refractivity (Wildman–Crippen MR) is 76.2 cm³/mol. The number of hydrogen-bond acceptors (Lipinski definition) is 2. The van der Waals surface area contributed by atoms with Crippen LogP contribution in [0.5, 0.6) is 11.5 Å². The molecule has 0 saturated carbocycles. The van der Waals surface area contributed by atoms with Gasteiger partial charge in [0.25, 0.3) is 0 Å². The highest BCUT2D eigenvalue weighted by Crippen LogP contribution is 2.31. The molecule has 2 N–H and O–H groups in total. The number of aryl methyl sites for hydroxylation is 1. The molecule has 1 amide bonds. The molecule has 5 heteroatoms. The maximum atomic E-state index is 11.1. The number of benzene rings is 2. The minimum Gasteiger partial charge on any atom is -0.457 e. The highest BCUT2D eigenvalue weighted by molar-refractivity contribution is 6.42. The second-order valence-electron chi connectivity index (χ2n) is 4.02. The topological polar surface area (TPSA) is 52.3 Å². The maximum absolute atomic E-state index is 11.1. The Morgan fingerprint density at radius 1 is 1.11 bits per heavy atom. The fraction of sp³-hybridized carbons (Fsp3) is 0.0714. The van der Waals surface area contributed by atoms with Gasteiger partial charge in [-0.25, -0.2) is 0 Å². The molecular formula is C14H11Cl2NO2. The van der Waals surface area contributed by atoms with E-state index in [0.717, 1.165) is 5.56 Å². The molecule has 0 fully saturated rings. The van der Waals surface area contributed by atoms with Gasteiger partial charge < -0.3 is 10.5 Å². The summed E-state index contributed by atoms with van der Waals surface area (Å²) in [6.45, 7) is 1.83. The Hall–Kier alpha value is -1.71. The standard InChI is InChI=1S/C14H11Cl2NO2/c1-8-6-9(14(17)18)2-5-13(8)19-10-3-4-11(15)12(16)7-10/h2-7H,1H3,(H2,17,18). The average Bonchev–Trinajstić information content (AvgIpc) is 2.36. The van der Waals surface area contributed by atoms with Crippen molar-refractivity contribution < 1.29 is 9.53 Å². The SMILES string of the molecule is Cc1cc(C(N)=O)ccc1Oc1ccc(Cl)c(Cl)c1.